The van der Waals surface area contributed by atoms with Gasteiger partial charge < -0.3 is 9.47 Å². The van der Waals surface area contributed by atoms with E-state index >= 15 is 0 Å². The third-order valence-electron chi connectivity index (χ3n) is 6.57. The monoisotopic (exact) mass is 551 g/mol. The number of aromatic nitrogens is 1. The topological polar surface area (TPSA) is 65.5 Å². The highest BCUT2D eigenvalue weighted by molar-refractivity contribution is 5.89. The van der Waals surface area contributed by atoms with Crippen LogP contribution >= 0.6 is 12.4 Å². The SMILES string of the molecule is CC(C)(C)c1ccc(C(=O)OCCCc2cccnc2CCCOC(=O)c2ccc(C(C)(C)C)cc2)cc1.Cl. The molecule has 3 aromatic rings. The highest BCUT2D eigenvalue weighted by Gasteiger charge is 2.16. The van der Waals surface area contributed by atoms with Crippen molar-refractivity contribution in [1.29, 1.82) is 0 Å². The Morgan fingerprint density at radius 2 is 1.10 bits per heavy atom. The molecule has 0 unspecified atom stereocenters. The van der Waals surface area contributed by atoms with Gasteiger partial charge >= 0.3 is 11.9 Å². The summed E-state index contributed by atoms with van der Waals surface area (Å²) in [7, 11) is 0. The average molecular weight is 552 g/mol. The smallest absolute Gasteiger partial charge is 0.338 e. The van der Waals surface area contributed by atoms with E-state index in [1.807, 2.05) is 54.6 Å². The first-order valence-electron chi connectivity index (χ1n) is 13.4. The Bertz CT molecular complexity index is 1110. The van der Waals surface area contributed by atoms with Crippen LogP contribution in [0.4, 0.5) is 0 Å². The Morgan fingerprint density at radius 3 is 1.54 bits per heavy atom. The molecule has 2 aromatic carbocycles. The van der Waals surface area contributed by atoms with Gasteiger partial charge in [-0.1, -0.05) is 71.9 Å². The van der Waals surface area contributed by atoms with Gasteiger partial charge in [0.05, 0.1) is 24.3 Å². The Kier molecular flexibility index (Phi) is 11.7. The number of carbonyl (C=O) groups is 2. The number of carbonyl (C=O) groups excluding carboxylic acids is 2. The molecule has 6 heteroatoms. The van der Waals surface area contributed by atoms with Crippen LogP contribution in [-0.2, 0) is 33.1 Å². The first-order valence-corrected chi connectivity index (χ1v) is 13.4. The molecule has 0 bridgehead atoms. The molecule has 0 aliphatic rings. The zero-order valence-corrected chi connectivity index (χ0v) is 24.9. The lowest BCUT2D eigenvalue weighted by Gasteiger charge is -2.19. The summed E-state index contributed by atoms with van der Waals surface area (Å²) in [5.74, 6) is -0.603. The summed E-state index contributed by atoms with van der Waals surface area (Å²) in [5, 5.41) is 0. The number of nitrogens with zero attached hydrogens (tertiary/aromatic N) is 1. The predicted octanol–water partition coefficient (Wildman–Crippen LogP) is 7.68. The molecule has 1 heterocycles. The molecule has 0 saturated heterocycles. The van der Waals surface area contributed by atoms with Gasteiger partial charge in [-0.05, 0) is 83.5 Å². The van der Waals surface area contributed by atoms with E-state index in [-0.39, 0.29) is 35.2 Å². The number of esters is 2. The number of halogens is 1. The fraction of sp³-hybridized carbons (Fsp3) is 0.424. The van der Waals surface area contributed by atoms with Crippen molar-refractivity contribution in [2.75, 3.05) is 13.2 Å². The van der Waals surface area contributed by atoms with Crippen molar-refractivity contribution in [2.24, 2.45) is 0 Å². The molecule has 0 aliphatic carbocycles. The minimum absolute atomic E-state index is 0. The molecule has 0 saturated carbocycles. The molecule has 1 aromatic heterocycles. The van der Waals surface area contributed by atoms with Crippen LogP contribution in [0.15, 0.2) is 66.9 Å². The molecule has 210 valence electrons. The van der Waals surface area contributed by atoms with Crippen LogP contribution < -0.4 is 0 Å². The van der Waals surface area contributed by atoms with Gasteiger partial charge in [0.15, 0.2) is 0 Å². The predicted molar refractivity (Wildman–Crippen MR) is 159 cm³/mol. The van der Waals surface area contributed by atoms with Gasteiger partial charge in [0.1, 0.15) is 0 Å². The number of benzene rings is 2. The lowest BCUT2D eigenvalue weighted by molar-refractivity contribution is 0.0490. The molecule has 0 fully saturated rings. The lowest BCUT2D eigenvalue weighted by atomic mass is 9.87. The fourth-order valence-corrected chi connectivity index (χ4v) is 4.14. The summed E-state index contributed by atoms with van der Waals surface area (Å²) in [5.41, 5.74) is 5.71. The van der Waals surface area contributed by atoms with Crippen molar-refractivity contribution in [3.8, 4) is 0 Å². The van der Waals surface area contributed by atoms with Crippen LogP contribution in [0, 0.1) is 0 Å². The number of pyridine rings is 1. The van der Waals surface area contributed by atoms with E-state index in [0.29, 0.717) is 43.6 Å². The minimum Gasteiger partial charge on any atom is -0.462 e. The van der Waals surface area contributed by atoms with Crippen molar-refractivity contribution >= 4 is 24.3 Å². The fourth-order valence-electron chi connectivity index (χ4n) is 4.14. The number of aryl methyl sites for hydroxylation is 2. The maximum absolute atomic E-state index is 12.4. The van der Waals surface area contributed by atoms with Crippen LogP contribution in [0.2, 0.25) is 0 Å². The van der Waals surface area contributed by atoms with Crippen LogP contribution in [0.3, 0.4) is 0 Å². The van der Waals surface area contributed by atoms with Crippen molar-refractivity contribution in [1.82, 2.24) is 4.98 Å². The number of hydrogen-bond donors (Lipinski definition) is 0. The number of hydrogen-bond acceptors (Lipinski definition) is 5. The van der Waals surface area contributed by atoms with E-state index in [0.717, 1.165) is 17.7 Å². The van der Waals surface area contributed by atoms with Gasteiger partial charge in [-0.15, -0.1) is 12.4 Å². The van der Waals surface area contributed by atoms with Crippen molar-refractivity contribution < 1.29 is 19.1 Å². The highest BCUT2D eigenvalue weighted by Crippen LogP contribution is 2.23. The van der Waals surface area contributed by atoms with Gasteiger partial charge in [-0.3, -0.25) is 4.98 Å². The third kappa shape index (κ3) is 9.81. The lowest BCUT2D eigenvalue weighted by Crippen LogP contribution is -2.12. The normalized spacial score (nSPS) is 11.4. The van der Waals surface area contributed by atoms with Crippen molar-refractivity contribution in [3.63, 3.8) is 0 Å². The molecule has 0 radical (unpaired) electrons. The van der Waals surface area contributed by atoms with E-state index in [2.05, 4.69) is 52.6 Å². The maximum Gasteiger partial charge on any atom is 0.338 e. The molecule has 0 spiro atoms. The molecule has 5 nitrogen and oxygen atoms in total. The van der Waals surface area contributed by atoms with Gasteiger partial charge in [0.2, 0.25) is 0 Å². The van der Waals surface area contributed by atoms with E-state index in [9.17, 15) is 9.59 Å². The molecule has 39 heavy (non-hydrogen) atoms. The summed E-state index contributed by atoms with van der Waals surface area (Å²) < 4.78 is 11.0. The first kappa shape index (κ1) is 32.0. The second-order valence-electron chi connectivity index (χ2n) is 11.7. The summed E-state index contributed by atoms with van der Waals surface area (Å²) in [6, 6.07) is 19.2. The average Bonchev–Trinajstić information content (AvgIpc) is 2.88. The molecule has 0 N–H and O–H groups in total. The summed E-state index contributed by atoms with van der Waals surface area (Å²) in [6.07, 6.45) is 4.66. The van der Waals surface area contributed by atoms with Gasteiger partial charge in [0.25, 0.3) is 0 Å². The minimum atomic E-state index is -0.304. The Morgan fingerprint density at radius 1 is 0.667 bits per heavy atom. The van der Waals surface area contributed by atoms with Gasteiger partial charge in [0, 0.05) is 11.9 Å². The second-order valence-corrected chi connectivity index (χ2v) is 11.7. The molecule has 0 amide bonds. The zero-order chi connectivity index (χ0) is 27.8. The van der Waals surface area contributed by atoms with Crippen LogP contribution in [0.25, 0.3) is 0 Å². The number of rotatable bonds is 10. The zero-order valence-electron chi connectivity index (χ0n) is 24.1. The van der Waals surface area contributed by atoms with Gasteiger partial charge in [-0.25, -0.2) is 9.59 Å². The third-order valence-corrected chi connectivity index (χ3v) is 6.57. The Balaban J connectivity index is 0.00000533. The van der Waals surface area contributed by atoms with Crippen molar-refractivity contribution in [2.45, 2.75) is 78.1 Å². The standard InChI is InChI=1S/C33H41NO4.ClH/c1-32(2,3)27-17-13-25(14-18-27)30(35)37-22-8-11-24-10-7-21-34-29(24)12-9-23-38-31(36)26-15-19-28(20-16-26)33(4,5)6;/h7,10,13-21H,8-9,11-12,22-23H2,1-6H3;1H. The molecule has 3 rings (SSSR count). The van der Waals surface area contributed by atoms with Crippen LogP contribution in [-0.4, -0.2) is 30.1 Å². The van der Waals surface area contributed by atoms with Crippen molar-refractivity contribution in [3.05, 3.63) is 100 Å². The van der Waals surface area contributed by atoms with E-state index in [1.165, 1.54) is 11.1 Å². The van der Waals surface area contributed by atoms with Gasteiger partial charge in [-0.2, -0.15) is 0 Å². The quantitative estimate of drug-likeness (QED) is 0.191. The Labute approximate surface area is 239 Å². The molecule has 0 atom stereocenters. The van der Waals surface area contributed by atoms with E-state index < -0.39 is 0 Å². The Hall–Kier alpha value is -3.18. The highest BCUT2D eigenvalue weighted by atomic mass is 35.5. The molecular formula is C33H42ClNO4. The van der Waals surface area contributed by atoms with E-state index in [1.54, 1.807) is 6.20 Å². The van der Waals surface area contributed by atoms with E-state index in [4.69, 9.17) is 9.47 Å². The summed E-state index contributed by atoms with van der Waals surface area (Å²) in [6.45, 7) is 13.6. The van der Waals surface area contributed by atoms with Crippen LogP contribution in [0.5, 0.6) is 0 Å². The maximum atomic E-state index is 12.4. The first-order chi connectivity index (χ1) is 17.9. The molecular weight excluding hydrogens is 510 g/mol. The largest absolute Gasteiger partial charge is 0.462 e. The molecule has 0 aliphatic heterocycles. The number of ether oxygens (including phenoxy) is 2. The summed E-state index contributed by atoms with van der Waals surface area (Å²) >= 11 is 0. The second kappa shape index (κ2) is 14.3. The summed E-state index contributed by atoms with van der Waals surface area (Å²) in [4.78, 5) is 29.3. The van der Waals surface area contributed by atoms with Crippen LogP contribution in [0.1, 0.15) is 97.5 Å².